The molecule has 1 aliphatic heterocycles. The molecule has 1 unspecified atom stereocenters. The van der Waals surface area contributed by atoms with Gasteiger partial charge in [-0.05, 0) is 57.2 Å². The molecule has 1 nitrogen and oxygen atoms in total. The van der Waals surface area contributed by atoms with Crippen molar-refractivity contribution in [3.8, 4) is 0 Å². The Bertz CT molecular complexity index is 375. The molecule has 1 aromatic rings. The van der Waals surface area contributed by atoms with Crippen molar-refractivity contribution >= 4 is 0 Å². The SMILES string of the molecule is Cc1cccc(C(C2CCC2)N2CCCC2)c1. The van der Waals surface area contributed by atoms with Gasteiger partial charge in [0.2, 0.25) is 0 Å². The minimum absolute atomic E-state index is 0.714. The van der Waals surface area contributed by atoms with E-state index in [0.29, 0.717) is 6.04 Å². The fourth-order valence-corrected chi connectivity index (χ4v) is 3.41. The summed E-state index contributed by atoms with van der Waals surface area (Å²) >= 11 is 0. The van der Waals surface area contributed by atoms with Gasteiger partial charge in [0, 0.05) is 6.04 Å². The van der Waals surface area contributed by atoms with Crippen molar-refractivity contribution in [2.75, 3.05) is 13.1 Å². The first-order valence-electron chi connectivity index (χ1n) is 7.15. The van der Waals surface area contributed by atoms with Gasteiger partial charge in [-0.2, -0.15) is 0 Å². The molecule has 1 aliphatic carbocycles. The lowest BCUT2D eigenvalue weighted by molar-refractivity contribution is 0.117. The standard InChI is InChI=1S/C16H23N/c1-13-6-4-9-15(12-13)16(14-7-5-8-14)17-10-2-3-11-17/h4,6,9,12,14,16H,2-3,5,7-8,10-11H2,1H3. The second-order valence-corrected chi connectivity index (χ2v) is 5.79. The van der Waals surface area contributed by atoms with E-state index in [0.717, 1.165) is 5.92 Å². The zero-order valence-electron chi connectivity index (χ0n) is 10.9. The van der Waals surface area contributed by atoms with E-state index in [2.05, 4.69) is 36.1 Å². The number of rotatable bonds is 3. The van der Waals surface area contributed by atoms with Crippen molar-refractivity contribution < 1.29 is 0 Å². The first-order chi connectivity index (χ1) is 8.34. The highest BCUT2D eigenvalue weighted by Crippen LogP contribution is 2.42. The van der Waals surface area contributed by atoms with Gasteiger partial charge in [-0.1, -0.05) is 36.2 Å². The molecule has 1 saturated heterocycles. The van der Waals surface area contributed by atoms with Crippen LogP contribution in [-0.2, 0) is 0 Å². The van der Waals surface area contributed by atoms with Gasteiger partial charge < -0.3 is 0 Å². The van der Waals surface area contributed by atoms with Crippen molar-refractivity contribution in [2.45, 2.75) is 45.1 Å². The maximum atomic E-state index is 2.73. The van der Waals surface area contributed by atoms with Crippen molar-refractivity contribution in [1.82, 2.24) is 4.90 Å². The van der Waals surface area contributed by atoms with Crippen LogP contribution in [0, 0.1) is 12.8 Å². The Labute approximate surface area is 105 Å². The number of aryl methyl sites for hydroxylation is 1. The molecule has 3 rings (SSSR count). The molecule has 0 amide bonds. The summed E-state index contributed by atoms with van der Waals surface area (Å²) in [4.78, 5) is 2.73. The lowest BCUT2D eigenvalue weighted by Crippen LogP contribution is -2.34. The van der Waals surface area contributed by atoms with Crippen molar-refractivity contribution in [2.24, 2.45) is 5.92 Å². The Kier molecular flexibility index (Phi) is 3.19. The number of likely N-dealkylation sites (tertiary alicyclic amines) is 1. The van der Waals surface area contributed by atoms with E-state index in [9.17, 15) is 0 Å². The third-order valence-electron chi connectivity index (χ3n) is 4.51. The van der Waals surface area contributed by atoms with Gasteiger partial charge >= 0.3 is 0 Å². The first-order valence-corrected chi connectivity index (χ1v) is 7.15. The monoisotopic (exact) mass is 229 g/mol. The van der Waals surface area contributed by atoms with E-state index in [1.807, 2.05) is 0 Å². The summed E-state index contributed by atoms with van der Waals surface area (Å²) in [5.41, 5.74) is 2.97. The van der Waals surface area contributed by atoms with Crippen LogP contribution in [0.15, 0.2) is 24.3 Å². The van der Waals surface area contributed by atoms with Crippen LogP contribution in [0.5, 0.6) is 0 Å². The molecular formula is C16H23N. The van der Waals surface area contributed by atoms with Gasteiger partial charge in [0.15, 0.2) is 0 Å². The van der Waals surface area contributed by atoms with E-state index in [4.69, 9.17) is 0 Å². The maximum absolute atomic E-state index is 2.73. The summed E-state index contributed by atoms with van der Waals surface area (Å²) in [5, 5.41) is 0. The van der Waals surface area contributed by atoms with Crippen LogP contribution < -0.4 is 0 Å². The second kappa shape index (κ2) is 4.81. The highest BCUT2D eigenvalue weighted by atomic mass is 15.2. The van der Waals surface area contributed by atoms with Crippen LogP contribution >= 0.6 is 0 Å². The van der Waals surface area contributed by atoms with Crippen molar-refractivity contribution in [1.29, 1.82) is 0 Å². The molecule has 1 atom stereocenters. The van der Waals surface area contributed by atoms with E-state index in [-0.39, 0.29) is 0 Å². The van der Waals surface area contributed by atoms with Gasteiger partial charge in [0.05, 0.1) is 0 Å². The van der Waals surface area contributed by atoms with E-state index >= 15 is 0 Å². The summed E-state index contributed by atoms with van der Waals surface area (Å²) in [7, 11) is 0. The molecular weight excluding hydrogens is 206 g/mol. The number of hydrogen-bond donors (Lipinski definition) is 0. The van der Waals surface area contributed by atoms with Gasteiger partial charge in [-0.3, -0.25) is 4.90 Å². The van der Waals surface area contributed by atoms with Gasteiger partial charge in [-0.15, -0.1) is 0 Å². The third kappa shape index (κ3) is 2.26. The van der Waals surface area contributed by atoms with Crippen LogP contribution in [0.1, 0.15) is 49.3 Å². The molecule has 0 bridgehead atoms. The Hall–Kier alpha value is -0.820. The summed E-state index contributed by atoms with van der Waals surface area (Å²) in [5.74, 6) is 0.926. The summed E-state index contributed by atoms with van der Waals surface area (Å²) in [6.07, 6.45) is 7.12. The summed E-state index contributed by atoms with van der Waals surface area (Å²) < 4.78 is 0. The first kappa shape index (κ1) is 11.3. The predicted molar refractivity (Wildman–Crippen MR) is 72.1 cm³/mol. The molecule has 17 heavy (non-hydrogen) atoms. The Balaban J connectivity index is 1.86. The average Bonchev–Trinajstić information content (AvgIpc) is 2.76. The lowest BCUT2D eigenvalue weighted by atomic mass is 9.76. The Morgan fingerprint density at radius 3 is 2.47 bits per heavy atom. The quantitative estimate of drug-likeness (QED) is 0.759. The summed E-state index contributed by atoms with van der Waals surface area (Å²) in [6, 6.07) is 9.90. The minimum atomic E-state index is 0.714. The van der Waals surface area contributed by atoms with E-state index < -0.39 is 0 Å². The molecule has 1 saturated carbocycles. The molecule has 2 fully saturated rings. The zero-order chi connectivity index (χ0) is 11.7. The normalized spacial score (nSPS) is 23.6. The maximum Gasteiger partial charge on any atom is 0.0376 e. The Morgan fingerprint density at radius 2 is 1.88 bits per heavy atom. The lowest BCUT2D eigenvalue weighted by Gasteiger charge is -2.40. The molecule has 0 N–H and O–H groups in total. The molecule has 1 heterocycles. The van der Waals surface area contributed by atoms with Crippen LogP contribution in [0.4, 0.5) is 0 Å². The van der Waals surface area contributed by atoms with Crippen LogP contribution in [0.25, 0.3) is 0 Å². The second-order valence-electron chi connectivity index (χ2n) is 5.79. The molecule has 2 aliphatic rings. The van der Waals surface area contributed by atoms with Crippen LogP contribution in [0.3, 0.4) is 0 Å². The predicted octanol–water partition coefficient (Wildman–Crippen LogP) is 3.93. The largest absolute Gasteiger partial charge is 0.296 e. The van der Waals surface area contributed by atoms with E-state index in [1.165, 1.54) is 50.8 Å². The highest BCUT2D eigenvalue weighted by Gasteiger charge is 2.33. The third-order valence-corrected chi connectivity index (χ3v) is 4.51. The zero-order valence-corrected chi connectivity index (χ0v) is 10.9. The van der Waals surface area contributed by atoms with Gasteiger partial charge in [0.1, 0.15) is 0 Å². The molecule has 0 aromatic heterocycles. The van der Waals surface area contributed by atoms with Gasteiger partial charge in [0.25, 0.3) is 0 Å². The molecule has 92 valence electrons. The topological polar surface area (TPSA) is 3.24 Å². The number of nitrogens with zero attached hydrogens (tertiary/aromatic N) is 1. The molecule has 0 spiro atoms. The molecule has 1 aromatic carbocycles. The Morgan fingerprint density at radius 1 is 1.12 bits per heavy atom. The van der Waals surface area contributed by atoms with Crippen LogP contribution in [0.2, 0.25) is 0 Å². The van der Waals surface area contributed by atoms with Crippen molar-refractivity contribution in [3.05, 3.63) is 35.4 Å². The minimum Gasteiger partial charge on any atom is -0.296 e. The molecule has 0 radical (unpaired) electrons. The molecule has 1 heteroatoms. The fraction of sp³-hybridized carbons (Fsp3) is 0.625. The number of hydrogen-bond acceptors (Lipinski definition) is 1. The average molecular weight is 229 g/mol. The fourth-order valence-electron chi connectivity index (χ4n) is 3.41. The van der Waals surface area contributed by atoms with Crippen molar-refractivity contribution in [3.63, 3.8) is 0 Å². The highest BCUT2D eigenvalue weighted by molar-refractivity contribution is 5.26. The summed E-state index contributed by atoms with van der Waals surface area (Å²) in [6.45, 7) is 4.84. The van der Waals surface area contributed by atoms with Crippen LogP contribution in [-0.4, -0.2) is 18.0 Å². The van der Waals surface area contributed by atoms with E-state index in [1.54, 1.807) is 5.56 Å². The number of benzene rings is 1. The smallest absolute Gasteiger partial charge is 0.0376 e. The van der Waals surface area contributed by atoms with Gasteiger partial charge in [-0.25, -0.2) is 0 Å².